The molecule has 2 saturated heterocycles. The van der Waals surface area contributed by atoms with Crippen molar-refractivity contribution in [3.05, 3.63) is 0 Å². The molecular weight excluding hydrogens is 240 g/mol. The Kier molecular flexibility index (Phi) is 3.15. The molecule has 2 aliphatic carbocycles. The quantitative estimate of drug-likeness (QED) is 0.716. The van der Waals surface area contributed by atoms with Gasteiger partial charge in [-0.2, -0.15) is 0 Å². The van der Waals surface area contributed by atoms with E-state index in [4.69, 9.17) is 9.47 Å². The van der Waals surface area contributed by atoms with Crippen LogP contribution in [-0.4, -0.2) is 30.7 Å². The molecule has 3 nitrogen and oxygen atoms in total. The molecule has 6 unspecified atom stereocenters. The molecular formula is C16H23O3. The number of ether oxygens (including phenoxy) is 2. The third kappa shape index (κ3) is 2.73. The van der Waals surface area contributed by atoms with Crippen LogP contribution in [-0.2, 0) is 14.3 Å². The van der Waals surface area contributed by atoms with Crippen LogP contribution in [0.15, 0.2) is 0 Å². The van der Waals surface area contributed by atoms with Gasteiger partial charge in [-0.3, -0.25) is 4.79 Å². The smallest absolute Gasteiger partial charge is 0.201 e. The molecule has 2 aliphatic heterocycles. The number of hydrogen-bond acceptors (Lipinski definition) is 3. The van der Waals surface area contributed by atoms with Gasteiger partial charge in [-0.1, -0.05) is 0 Å². The second kappa shape index (κ2) is 4.85. The van der Waals surface area contributed by atoms with E-state index in [1.807, 2.05) is 0 Å². The summed E-state index contributed by atoms with van der Waals surface area (Å²) in [6, 6.07) is 0. The molecule has 0 spiro atoms. The number of hydrogen-bond donors (Lipinski definition) is 0. The summed E-state index contributed by atoms with van der Waals surface area (Å²) in [5.41, 5.74) is 0. The van der Waals surface area contributed by atoms with E-state index >= 15 is 0 Å². The fraction of sp³-hybridized carbons (Fsp3) is 0.938. The molecule has 4 fully saturated rings. The summed E-state index contributed by atoms with van der Waals surface area (Å²) in [7, 11) is 0. The normalized spacial score (nSPS) is 48.8. The Hall–Kier alpha value is -0.410. The van der Waals surface area contributed by atoms with E-state index in [1.165, 1.54) is 38.5 Å². The van der Waals surface area contributed by atoms with Crippen LogP contribution in [0.2, 0.25) is 0 Å². The first kappa shape index (κ1) is 12.3. The minimum absolute atomic E-state index is 0.153. The zero-order valence-corrected chi connectivity index (χ0v) is 11.4. The lowest BCUT2D eigenvalue weighted by Gasteiger charge is -2.25. The summed E-state index contributed by atoms with van der Waals surface area (Å²) in [4.78, 5) is 11.2. The van der Waals surface area contributed by atoms with Gasteiger partial charge in [0.2, 0.25) is 6.29 Å². The van der Waals surface area contributed by atoms with Crippen LogP contribution < -0.4 is 0 Å². The van der Waals surface area contributed by atoms with Crippen LogP contribution in [0.3, 0.4) is 0 Å². The number of carbonyl (C=O) groups excluding carboxylic acids is 1. The monoisotopic (exact) mass is 263 g/mol. The predicted octanol–water partition coefficient (Wildman–Crippen LogP) is 2.63. The van der Waals surface area contributed by atoms with E-state index in [1.54, 1.807) is 0 Å². The average Bonchev–Trinajstić information content (AvgIpc) is 3.31. The maximum atomic E-state index is 11.2. The largest absolute Gasteiger partial charge is 0.370 e. The summed E-state index contributed by atoms with van der Waals surface area (Å²) >= 11 is 0. The molecule has 3 heteroatoms. The van der Waals surface area contributed by atoms with Gasteiger partial charge < -0.3 is 9.47 Å². The van der Waals surface area contributed by atoms with Crippen LogP contribution in [0.4, 0.5) is 0 Å². The molecule has 0 N–H and O–H groups in total. The van der Waals surface area contributed by atoms with Crippen molar-refractivity contribution in [2.75, 3.05) is 0 Å². The molecule has 2 heterocycles. The topological polar surface area (TPSA) is 42.1 Å². The molecule has 2 saturated carbocycles. The van der Waals surface area contributed by atoms with Gasteiger partial charge in [0.25, 0.3) is 0 Å². The maximum Gasteiger partial charge on any atom is 0.201 e. The zero-order chi connectivity index (χ0) is 12.8. The Morgan fingerprint density at radius 1 is 0.842 bits per heavy atom. The molecule has 19 heavy (non-hydrogen) atoms. The van der Waals surface area contributed by atoms with E-state index < -0.39 is 0 Å². The molecule has 0 aromatic carbocycles. The lowest BCUT2D eigenvalue weighted by molar-refractivity contribution is 0.277. The molecule has 0 aromatic rings. The van der Waals surface area contributed by atoms with Gasteiger partial charge in [0.15, 0.2) is 0 Å². The molecule has 0 bridgehead atoms. The van der Waals surface area contributed by atoms with Crippen molar-refractivity contribution in [2.45, 2.75) is 75.8 Å². The van der Waals surface area contributed by atoms with Gasteiger partial charge >= 0.3 is 0 Å². The Morgan fingerprint density at radius 2 is 1.37 bits per heavy atom. The minimum atomic E-state index is 0.153. The molecule has 1 radical (unpaired) electrons. The standard InChI is InChI=1S/C16H23O3/c17-9-12(5-10-1-3-13-15(7-10)18-13)6-11-2-4-14-16(8-11)19-14/h10-16H,1-8H2. The fourth-order valence-corrected chi connectivity index (χ4v) is 4.40. The average molecular weight is 263 g/mol. The third-order valence-electron chi connectivity index (χ3n) is 5.63. The highest BCUT2D eigenvalue weighted by Gasteiger charge is 2.45. The van der Waals surface area contributed by atoms with E-state index in [2.05, 4.69) is 6.29 Å². The first-order valence-corrected chi connectivity index (χ1v) is 8.00. The van der Waals surface area contributed by atoms with E-state index in [-0.39, 0.29) is 5.92 Å². The molecule has 4 rings (SSSR count). The SMILES string of the molecule is O=[C]C(CC1CCC2OC2C1)CC1CCC2OC2C1. The second-order valence-corrected chi connectivity index (χ2v) is 7.07. The first-order valence-electron chi connectivity index (χ1n) is 8.00. The highest BCUT2D eigenvalue weighted by Crippen LogP contribution is 2.44. The minimum Gasteiger partial charge on any atom is -0.370 e. The van der Waals surface area contributed by atoms with Crippen LogP contribution in [0.25, 0.3) is 0 Å². The second-order valence-electron chi connectivity index (χ2n) is 7.07. The van der Waals surface area contributed by atoms with Gasteiger partial charge in [-0.05, 0) is 63.2 Å². The van der Waals surface area contributed by atoms with Gasteiger partial charge in [0.1, 0.15) is 0 Å². The summed E-state index contributed by atoms with van der Waals surface area (Å²) in [5, 5.41) is 0. The summed E-state index contributed by atoms with van der Waals surface area (Å²) in [6.45, 7) is 0. The lowest BCUT2D eigenvalue weighted by Crippen LogP contribution is -2.21. The van der Waals surface area contributed by atoms with Crippen LogP contribution in [0.1, 0.15) is 51.4 Å². The van der Waals surface area contributed by atoms with E-state index in [9.17, 15) is 4.79 Å². The van der Waals surface area contributed by atoms with Crippen molar-refractivity contribution in [1.82, 2.24) is 0 Å². The van der Waals surface area contributed by atoms with Crippen LogP contribution in [0, 0.1) is 17.8 Å². The maximum absolute atomic E-state index is 11.2. The van der Waals surface area contributed by atoms with Gasteiger partial charge in [-0.25, -0.2) is 0 Å². The summed E-state index contributed by atoms with van der Waals surface area (Å²) in [6.07, 6.45) is 13.9. The predicted molar refractivity (Wildman–Crippen MR) is 70.4 cm³/mol. The van der Waals surface area contributed by atoms with E-state index in [0.29, 0.717) is 36.3 Å². The Labute approximate surface area is 115 Å². The van der Waals surface area contributed by atoms with Crippen molar-refractivity contribution in [1.29, 1.82) is 0 Å². The Morgan fingerprint density at radius 3 is 1.79 bits per heavy atom. The first-order chi connectivity index (χ1) is 9.31. The molecule has 4 aliphatic rings. The van der Waals surface area contributed by atoms with Gasteiger partial charge in [0, 0.05) is 5.92 Å². The number of fused-ring (bicyclic) bond motifs is 2. The van der Waals surface area contributed by atoms with Gasteiger partial charge in [0.05, 0.1) is 24.4 Å². The molecule has 6 atom stereocenters. The third-order valence-corrected chi connectivity index (χ3v) is 5.63. The highest BCUT2D eigenvalue weighted by atomic mass is 16.6. The van der Waals surface area contributed by atoms with Gasteiger partial charge in [-0.15, -0.1) is 0 Å². The molecule has 0 amide bonds. The van der Waals surface area contributed by atoms with Crippen molar-refractivity contribution in [2.24, 2.45) is 17.8 Å². The fourth-order valence-electron chi connectivity index (χ4n) is 4.40. The summed E-state index contributed by atoms with van der Waals surface area (Å²) < 4.78 is 11.2. The van der Waals surface area contributed by atoms with E-state index in [0.717, 1.165) is 12.8 Å². The Balaban J connectivity index is 1.26. The van der Waals surface area contributed by atoms with Crippen molar-refractivity contribution < 1.29 is 14.3 Å². The highest BCUT2D eigenvalue weighted by molar-refractivity contribution is 5.54. The van der Waals surface area contributed by atoms with Crippen molar-refractivity contribution in [3.63, 3.8) is 0 Å². The summed E-state index contributed by atoms with van der Waals surface area (Å²) in [5.74, 6) is 1.55. The molecule has 105 valence electrons. The zero-order valence-electron chi connectivity index (χ0n) is 11.4. The van der Waals surface area contributed by atoms with Crippen LogP contribution >= 0.6 is 0 Å². The lowest BCUT2D eigenvalue weighted by atomic mass is 9.77. The van der Waals surface area contributed by atoms with Crippen molar-refractivity contribution >= 4 is 6.29 Å². The number of rotatable bonds is 5. The Bertz CT molecular complexity index is 326. The molecule has 0 aromatic heterocycles. The number of epoxide rings is 2. The van der Waals surface area contributed by atoms with Crippen LogP contribution in [0.5, 0.6) is 0 Å². The van der Waals surface area contributed by atoms with Crippen molar-refractivity contribution in [3.8, 4) is 0 Å².